The normalized spacial score (nSPS) is 17.9. The lowest BCUT2D eigenvalue weighted by Crippen LogP contribution is -2.29. The summed E-state index contributed by atoms with van der Waals surface area (Å²) in [7, 11) is 0. The molecule has 166 valence electrons. The van der Waals surface area contributed by atoms with Crippen LogP contribution in [0.2, 0.25) is 0 Å². The summed E-state index contributed by atoms with van der Waals surface area (Å²) in [5.41, 5.74) is 6.98. The van der Waals surface area contributed by atoms with Gasteiger partial charge in [-0.1, -0.05) is 18.2 Å². The largest absolute Gasteiger partial charge is 0.352 e. The summed E-state index contributed by atoms with van der Waals surface area (Å²) < 4.78 is 2.35. The number of hydrogen-bond acceptors (Lipinski definition) is 4. The van der Waals surface area contributed by atoms with Crippen molar-refractivity contribution in [2.24, 2.45) is 0 Å². The van der Waals surface area contributed by atoms with Crippen LogP contribution in [0.4, 0.5) is 0 Å². The van der Waals surface area contributed by atoms with Crippen LogP contribution in [0, 0.1) is 13.8 Å². The molecule has 0 radical (unpaired) electrons. The monoisotopic (exact) mass is 454 g/mol. The second-order valence-electron chi connectivity index (χ2n) is 8.39. The van der Waals surface area contributed by atoms with Crippen LogP contribution in [0.3, 0.4) is 0 Å². The molecule has 0 amide bonds. The van der Waals surface area contributed by atoms with Crippen molar-refractivity contribution in [3.8, 4) is 0 Å². The van der Waals surface area contributed by atoms with E-state index in [1.807, 2.05) is 49.1 Å². The highest BCUT2D eigenvalue weighted by atomic mass is 32.1. The van der Waals surface area contributed by atoms with E-state index in [0.717, 1.165) is 22.9 Å². The predicted octanol–water partition coefficient (Wildman–Crippen LogP) is 4.51. The Morgan fingerprint density at radius 1 is 0.909 bits per heavy atom. The van der Waals surface area contributed by atoms with Gasteiger partial charge in [0.15, 0.2) is 5.11 Å². The van der Waals surface area contributed by atoms with Crippen molar-refractivity contribution in [1.82, 2.24) is 29.7 Å². The zero-order valence-electron chi connectivity index (χ0n) is 18.7. The Bertz CT molecular complexity index is 1240. The van der Waals surface area contributed by atoms with Crippen LogP contribution in [0.5, 0.6) is 0 Å². The fourth-order valence-electron chi connectivity index (χ4n) is 4.65. The number of nitrogens with one attached hydrogen (secondary N) is 1. The third-order valence-electron chi connectivity index (χ3n) is 6.27. The zero-order chi connectivity index (χ0) is 22.8. The zero-order valence-corrected chi connectivity index (χ0v) is 19.5. The molecular weight excluding hydrogens is 428 g/mol. The van der Waals surface area contributed by atoms with Gasteiger partial charge < -0.3 is 14.8 Å². The predicted molar refractivity (Wildman–Crippen MR) is 132 cm³/mol. The molecule has 5 heterocycles. The average Bonchev–Trinajstić information content (AvgIpc) is 3.31. The van der Waals surface area contributed by atoms with Gasteiger partial charge in [0.05, 0.1) is 17.8 Å². The Hall–Kier alpha value is -3.58. The standard InChI is InChI=1S/C26H26N6S/c1-18-13-22(19(2)31(18)16-20-7-5-10-27-14-20)25-24(23-9-3-4-12-29-23)30-26(33)32(25)17-21-8-6-11-28-15-21/h3-15,24-25H,16-17H2,1-2H3,(H,30,33)/t24-,25-/m1/s1. The Morgan fingerprint density at radius 3 is 2.27 bits per heavy atom. The molecule has 0 spiro atoms. The molecule has 5 rings (SSSR count). The first kappa shape index (κ1) is 21.3. The Labute approximate surface area is 199 Å². The van der Waals surface area contributed by atoms with E-state index in [1.54, 1.807) is 6.20 Å². The molecule has 6 nitrogen and oxygen atoms in total. The molecule has 4 aromatic heterocycles. The molecule has 1 aliphatic heterocycles. The van der Waals surface area contributed by atoms with E-state index in [2.05, 4.69) is 67.8 Å². The van der Waals surface area contributed by atoms with Crippen LogP contribution in [-0.4, -0.2) is 29.5 Å². The molecule has 4 aromatic rings. The lowest BCUT2D eigenvalue weighted by atomic mass is 9.96. The molecule has 0 aliphatic carbocycles. The Kier molecular flexibility index (Phi) is 5.88. The number of nitrogens with zero attached hydrogens (tertiary/aromatic N) is 5. The lowest BCUT2D eigenvalue weighted by Gasteiger charge is -2.28. The lowest BCUT2D eigenvalue weighted by molar-refractivity contribution is 0.309. The second kappa shape index (κ2) is 9.11. The summed E-state index contributed by atoms with van der Waals surface area (Å²) in [6.45, 7) is 5.82. The van der Waals surface area contributed by atoms with Crippen LogP contribution < -0.4 is 5.32 Å². The van der Waals surface area contributed by atoms with E-state index in [1.165, 1.54) is 22.5 Å². The van der Waals surface area contributed by atoms with Gasteiger partial charge in [0.1, 0.15) is 0 Å². The summed E-state index contributed by atoms with van der Waals surface area (Å²) in [6.07, 6.45) is 9.27. The van der Waals surface area contributed by atoms with Gasteiger partial charge in [0, 0.05) is 55.5 Å². The SMILES string of the molecule is Cc1cc([C@@H]2[C@@H](c3ccccn3)NC(=S)N2Cc2cccnc2)c(C)n1Cc1cccnc1. The number of pyridine rings is 3. The molecule has 2 atom stereocenters. The molecule has 1 N–H and O–H groups in total. The second-order valence-corrected chi connectivity index (χ2v) is 8.78. The van der Waals surface area contributed by atoms with Crippen molar-refractivity contribution >= 4 is 17.3 Å². The smallest absolute Gasteiger partial charge is 0.170 e. The molecule has 1 aliphatic rings. The van der Waals surface area contributed by atoms with Gasteiger partial charge in [-0.15, -0.1) is 0 Å². The van der Waals surface area contributed by atoms with Gasteiger partial charge >= 0.3 is 0 Å². The summed E-state index contributed by atoms with van der Waals surface area (Å²) in [4.78, 5) is 15.5. The van der Waals surface area contributed by atoms with E-state index < -0.39 is 0 Å². The van der Waals surface area contributed by atoms with Crippen molar-refractivity contribution in [3.63, 3.8) is 0 Å². The molecule has 1 saturated heterocycles. The highest BCUT2D eigenvalue weighted by Crippen LogP contribution is 2.41. The maximum Gasteiger partial charge on any atom is 0.170 e. The summed E-state index contributed by atoms with van der Waals surface area (Å²) in [6, 6.07) is 16.5. The molecular formula is C26H26N6S. The van der Waals surface area contributed by atoms with Crippen molar-refractivity contribution in [2.75, 3.05) is 0 Å². The van der Waals surface area contributed by atoms with Gasteiger partial charge in [-0.2, -0.15) is 0 Å². The summed E-state index contributed by atoms with van der Waals surface area (Å²) in [5.74, 6) is 0. The first-order chi connectivity index (χ1) is 16.1. The van der Waals surface area contributed by atoms with Crippen LogP contribution >= 0.6 is 12.2 Å². The summed E-state index contributed by atoms with van der Waals surface area (Å²) in [5, 5.41) is 4.28. The number of thiocarbonyl (C=S) groups is 1. The van der Waals surface area contributed by atoms with Crippen molar-refractivity contribution in [1.29, 1.82) is 0 Å². The fraction of sp³-hybridized carbons (Fsp3) is 0.231. The molecule has 0 saturated carbocycles. The average molecular weight is 455 g/mol. The van der Waals surface area contributed by atoms with Crippen LogP contribution in [0.15, 0.2) is 79.5 Å². The van der Waals surface area contributed by atoms with Crippen LogP contribution in [0.25, 0.3) is 0 Å². The quantitative estimate of drug-likeness (QED) is 0.433. The maximum atomic E-state index is 5.83. The minimum absolute atomic E-state index is 0.0152. The molecule has 33 heavy (non-hydrogen) atoms. The van der Waals surface area contributed by atoms with Crippen molar-refractivity contribution in [3.05, 3.63) is 113 Å². The highest BCUT2D eigenvalue weighted by molar-refractivity contribution is 7.80. The number of aromatic nitrogens is 4. The van der Waals surface area contributed by atoms with Crippen LogP contribution in [0.1, 0.15) is 45.9 Å². The Balaban J connectivity index is 1.56. The van der Waals surface area contributed by atoms with Gasteiger partial charge in [-0.25, -0.2) is 0 Å². The number of rotatable bonds is 6. The van der Waals surface area contributed by atoms with E-state index in [4.69, 9.17) is 12.2 Å². The molecule has 0 bridgehead atoms. The van der Waals surface area contributed by atoms with Crippen molar-refractivity contribution < 1.29 is 0 Å². The molecule has 7 heteroatoms. The van der Waals surface area contributed by atoms with Gasteiger partial charge in [0.2, 0.25) is 0 Å². The van der Waals surface area contributed by atoms with E-state index in [-0.39, 0.29) is 12.1 Å². The third kappa shape index (κ3) is 4.24. The number of aryl methyl sites for hydroxylation is 1. The Morgan fingerprint density at radius 2 is 1.64 bits per heavy atom. The fourth-order valence-corrected chi connectivity index (χ4v) is 4.95. The first-order valence-corrected chi connectivity index (χ1v) is 11.4. The minimum Gasteiger partial charge on any atom is -0.352 e. The number of hydrogen-bond donors (Lipinski definition) is 1. The highest BCUT2D eigenvalue weighted by Gasteiger charge is 2.41. The van der Waals surface area contributed by atoms with Gasteiger partial charge in [0.25, 0.3) is 0 Å². The topological polar surface area (TPSA) is 58.9 Å². The van der Waals surface area contributed by atoms with Gasteiger partial charge in [-0.05, 0) is 73.1 Å². The molecule has 0 aromatic carbocycles. The first-order valence-electron chi connectivity index (χ1n) is 11.0. The minimum atomic E-state index is -0.0392. The molecule has 0 unspecified atom stereocenters. The van der Waals surface area contributed by atoms with Crippen LogP contribution in [-0.2, 0) is 13.1 Å². The van der Waals surface area contributed by atoms with E-state index in [9.17, 15) is 0 Å². The van der Waals surface area contributed by atoms with E-state index >= 15 is 0 Å². The molecule has 1 fully saturated rings. The van der Waals surface area contributed by atoms with Crippen molar-refractivity contribution in [2.45, 2.75) is 39.0 Å². The maximum absolute atomic E-state index is 5.83. The van der Waals surface area contributed by atoms with Gasteiger partial charge in [-0.3, -0.25) is 15.0 Å². The van der Waals surface area contributed by atoms with E-state index in [0.29, 0.717) is 6.54 Å². The third-order valence-corrected chi connectivity index (χ3v) is 6.62. The summed E-state index contributed by atoms with van der Waals surface area (Å²) >= 11 is 5.83.